The second kappa shape index (κ2) is 11.2. The average molecular weight is 176 g/mol. The van der Waals surface area contributed by atoms with Crippen molar-refractivity contribution in [1.29, 1.82) is 0 Å². The van der Waals surface area contributed by atoms with E-state index in [1.165, 1.54) is 0 Å². The minimum absolute atomic E-state index is 0. The van der Waals surface area contributed by atoms with Gasteiger partial charge in [-0.05, 0) is 0 Å². The molecule has 0 spiro atoms. The lowest BCUT2D eigenvalue weighted by atomic mass is 11.8. The number of halogens is 1. The first kappa shape index (κ1) is 16.2. The summed E-state index contributed by atoms with van der Waals surface area (Å²) in [5, 5.41) is 0. The van der Waals surface area contributed by atoms with Crippen LogP contribution in [-0.2, 0) is 13.3 Å². The molecular weight excluding hydrogens is 162 g/mol. The van der Waals surface area contributed by atoms with E-state index in [2.05, 4.69) is 0 Å². The van der Waals surface area contributed by atoms with E-state index >= 15 is 0 Å². The van der Waals surface area contributed by atoms with Gasteiger partial charge < -0.3 is 19.4 Å². The standard InChI is InChI=1S/C3H10O3Si.ClH.H3N/c1-4-7(5-2)6-3;;/h7H,1-3H3;1H;1H3. The van der Waals surface area contributed by atoms with Crippen LogP contribution in [0.3, 0.4) is 0 Å². The van der Waals surface area contributed by atoms with Gasteiger partial charge >= 0.3 is 9.53 Å². The SMILES string of the molecule is CO[SiH](OC)OC.Cl.N. The lowest BCUT2D eigenvalue weighted by molar-refractivity contribution is 0.163. The fourth-order valence-electron chi connectivity index (χ4n) is 0.289. The summed E-state index contributed by atoms with van der Waals surface area (Å²) in [6, 6.07) is 0. The molecule has 6 heteroatoms. The summed E-state index contributed by atoms with van der Waals surface area (Å²) >= 11 is 0. The molecule has 0 unspecified atom stereocenters. The van der Waals surface area contributed by atoms with E-state index in [0.29, 0.717) is 0 Å². The molecule has 0 heterocycles. The maximum Gasteiger partial charge on any atom is 0.483 e. The van der Waals surface area contributed by atoms with Gasteiger partial charge in [0.05, 0.1) is 0 Å². The zero-order valence-electron chi connectivity index (χ0n) is 5.92. The van der Waals surface area contributed by atoms with E-state index in [4.69, 9.17) is 13.3 Å². The molecule has 4 nitrogen and oxygen atoms in total. The van der Waals surface area contributed by atoms with E-state index in [-0.39, 0.29) is 18.6 Å². The third kappa shape index (κ3) is 8.35. The minimum Gasteiger partial charge on any atom is -0.379 e. The van der Waals surface area contributed by atoms with Gasteiger partial charge in [-0.15, -0.1) is 12.4 Å². The number of hydrogen-bond donors (Lipinski definition) is 1. The first-order valence-corrected chi connectivity index (χ1v) is 3.35. The fraction of sp³-hybridized carbons (Fsp3) is 1.00. The normalized spacial score (nSPS) is 8.00. The molecule has 0 saturated heterocycles. The molecule has 0 rings (SSSR count). The third-order valence-electron chi connectivity index (χ3n) is 0.577. The Bertz CT molecular complexity index is 40.5. The second-order valence-electron chi connectivity index (χ2n) is 0.996. The van der Waals surface area contributed by atoms with Crippen molar-refractivity contribution in [3.05, 3.63) is 0 Å². The van der Waals surface area contributed by atoms with E-state index in [1.807, 2.05) is 0 Å². The van der Waals surface area contributed by atoms with Gasteiger partial charge in [-0.2, -0.15) is 0 Å². The first-order chi connectivity index (χ1) is 3.35. The van der Waals surface area contributed by atoms with Crippen LogP contribution in [0.5, 0.6) is 0 Å². The molecule has 0 saturated carbocycles. The molecule has 0 bridgehead atoms. The van der Waals surface area contributed by atoms with E-state index < -0.39 is 9.53 Å². The fourth-order valence-corrected chi connectivity index (χ4v) is 0.866. The molecular formula is C3H14ClNO3Si. The Morgan fingerprint density at radius 1 is 0.889 bits per heavy atom. The van der Waals surface area contributed by atoms with Crippen LogP contribution in [0.1, 0.15) is 0 Å². The van der Waals surface area contributed by atoms with Crippen molar-refractivity contribution < 1.29 is 13.3 Å². The molecule has 0 aliphatic rings. The van der Waals surface area contributed by atoms with E-state index in [1.54, 1.807) is 21.3 Å². The summed E-state index contributed by atoms with van der Waals surface area (Å²) in [6.07, 6.45) is 0. The molecule has 0 aliphatic carbocycles. The van der Waals surface area contributed by atoms with E-state index in [9.17, 15) is 0 Å². The lowest BCUT2D eigenvalue weighted by Gasteiger charge is -2.05. The summed E-state index contributed by atoms with van der Waals surface area (Å²) < 4.78 is 14.2. The Kier molecular flexibility index (Phi) is 20.1. The maximum atomic E-state index is 4.74. The Labute approximate surface area is 63.4 Å². The predicted molar refractivity (Wildman–Crippen MR) is 40.4 cm³/mol. The number of hydrogen-bond acceptors (Lipinski definition) is 4. The summed E-state index contributed by atoms with van der Waals surface area (Å²) in [7, 11) is 3.05. The van der Waals surface area contributed by atoms with Gasteiger partial charge in [-0.3, -0.25) is 0 Å². The second-order valence-corrected chi connectivity index (χ2v) is 2.99. The van der Waals surface area contributed by atoms with Crippen LogP contribution >= 0.6 is 12.4 Å². The molecule has 0 radical (unpaired) electrons. The Morgan fingerprint density at radius 3 is 1.11 bits per heavy atom. The maximum absolute atomic E-state index is 4.74. The highest BCUT2D eigenvalue weighted by Gasteiger charge is 2.04. The van der Waals surface area contributed by atoms with Gasteiger partial charge in [0.1, 0.15) is 0 Å². The molecule has 0 aromatic rings. The zero-order valence-corrected chi connectivity index (χ0v) is 7.89. The quantitative estimate of drug-likeness (QED) is 0.624. The molecule has 9 heavy (non-hydrogen) atoms. The highest BCUT2D eigenvalue weighted by molar-refractivity contribution is 6.36. The van der Waals surface area contributed by atoms with Crippen molar-refractivity contribution in [1.82, 2.24) is 6.15 Å². The highest BCUT2D eigenvalue weighted by atomic mass is 35.5. The van der Waals surface area contributed by atoms with Crippen molar-refractivity contribution >= 4 is 21.9 Å². The van der Waals surface area contributed by atoms with Gasteiger partial charge in [0, 0.05) is 21.3 Å². The van der Waals surface area contributed by atoms with Crippen LogP contribution in [-0.4, -0.2) is 30.9 Å². The largest absolute Gasteiger partial charge is 0.483 e. The summed E-state index contributed by atoms with van der Waals surface area (Å²) in [6.45, 7) is 0. The van der Waals surface area contributed by atoms with Gasteiger partial charge in [0.2, 0.25) is 0 Å². The van der Waals surface area contributed by atoms with E-state index in [0.717, 1.165) is 0 Å². The number of rotatable bonds is 3. The highest BCUT2D eigenvalue weighted by Crippen LogP contribution is 1.81. The Morgan fingerprint density at radius 2 is 1.11 bits per heavy atom. The monoisotopic (exact) mass is 175 g/mol. The molecule has 0 amide bonds. The summed E-state index contributed by atoms with van der Waals surface area (Å²) in [5.74, 6) is 0. The average Bonchev–Trinajstić information content (AvgIpc) is 1.72. The molecule has 0 aromatic heterocycles. The smallest absolute Gasteiger partial charge is 0.379 e. The first-order valence-electron chi connectivity index (χ1n) is 1.93. The predicted octanol–water partition coefficient (Wildman–Crippen LogP) is 0.227. The van der Waals surface area contributed by atoms with Crippen LogP contribution < -0.4 is 6.15 Å². The minimum atomic E-state index is -1.67. The summed E-state index contributed by atoms with van der Waals surface area (Å²) in [4.78, 5) is 0. The van der Waals surface area contributed by atoms with Crippen LogP contribution in [0.25, 0.3) is 0 Å². The van der Waals surface area contributed by atoms with Gasteiger partial charge in [-0.1, -0.05) is 0 Å². The van der Waals surface area contributed by atoms with Gasteiger partial charge in [0.25, 0.3) is 0 Å². The molecule has 0 aliphatic heterocycles. The van der Waals surface area contributed by atoms with Crippen LogP contribution in [0.15, 0.2) is 0 Å². The van der Waals surface area contributed by atoms with Crippen molar-refractivity contribution in [2.45, 2.75) is 0 Å². The molecule has 3 N–H and O–H groups in total. The van der Waals surface area contributed by atoms with Crippen molar-refractivity contribution in [3.63, 3.8) is 0 Å². The van der Waals surface area contributed by atoms with Gasteiger partial charge in [0.15, 0.2) is 0 Å². The van der Waals surface area contributed by atoms with Crippen LogP contribution in [0, 0.1) is 0 Å². The van der Waals surface area contributed by atoms with Crippen LogP contribution in [0.4, 0.5) is 0 Å². The zero-order chi connectivity index (χ0) is 5.70. The third-order valence-corrected chi connectivity index (χ3v) is 1.73. The Balaban J connectivity index is -0.000000180. The molecule has 0 atom stereocenters. The summed E-state index contributed by atoms with van der Waals surface area (Å²) in [5.41, 5.74) is 0. The van der Waals surface area contributed by atoms with Crippen molar-refractivity contribution in [2.24, 2.45) is 0 Å². The Hall–Kier alpha value is 0.347. The van der Waals surface area contributed by atoms with Gasteiger partial charge in [-0.25, -0.2) is 0 Å². The lowest BCUT2D eigenvalue weighted by Crippen LogP contribution is -2.21. The van der Waals surface area contributed by atoms with Crippen LogP contribution in [0.2, 0.25) is 0 Å². The van der Waals surface area contributed by atoms with Crippen molar-refractivity contribution in [2.75, 3.05) is 21.3 Å². The molecule has 60 valence electrons. The van der Waals surface area contributed by atoms with Crippen molar-refractivity contribution in [3.8, 4) is 0 Å². The molecule has 0 aromatic carbocycles. The topological polar surface area (TPSA) is 62.7 Å². The molecule has 0 fully saturated rings.